The molecular weight excluding hydrogens is 290 g/mol. The van der Waals surface area contributed by atoms with E-state index in [9.17, 15) is 9.59 Å². The zero-order chi connectivity index (χ0) is 16.7. The number of hydrogen-bond donors (Lipinski definition) is 1. The van der Waals surface area contributed by atoms with Gasteiger partial charge in [-0.25, -0.2) is 4.79 Å². The van der Waals surface area contributed by atoms with Gasteiger partial charge in [0, 0.05) is 6.08 Å². The summed E-state index contributed by atoms with van der Waals surface area (Å²) in [4.78, 5) is 23.2. The highest BCUT2D eigenvalue weighted by atomic mass is 16.5. The third-order valence-electron chi connectivity index (χ3n) is 4.09. The van der Waals surface area contributed by atoms with E-state index in [4.69, 9.17) is 4.74 Å². The Morgan fingerprint density at radius 2 is 2.00 bits per heavy atom. The van der Waals surface area contributed by atoms with Crippen molar-refractivity contribution in [3.8, 4) is 0 Å². The molecule has 124 valence electrons. The van der Waals surface area contributed by atoms with Crippen LogP contribution in [0.4, 0.5) is 0 Å². The van der Waals surface area contributed by atoms with E-state index in [-0.39, 0.29) is 18.6 Å². The third kappa shape index (κ3) is 5.23. The van der Waals surface area contributed by atoms with Gasteiger partial charge in [-0.3, -0.25) is 4.79 Å². The number of nitrogens with one attached hydrogen (secondary N) is 1. The molecule has 1 aromatic carbocycles. The van der Waals surface area contributed by atoms with Crippen molar-refractivity contribution in [3.63, 3.8) is 0 Å². The van der Waals surface area contributed by atoms with Crippen LogP contribution in [0.2, 0.25) is 0 Å². The average molecular weight is 315 g/mol. The molecule has 0 aromatic heterocycles. The Bertz CT molecular complexity index is 592. The summed E-state index contributed by atoms with van der Waals surface area (Å²) in [5.74, 6) is -0.767. The molecule has 4 heteroatoms. The lowest BCUT2D eigenvalue weighted by atomic mass is 9.89. The van der Waals surface area contributed by atoms with Gasteiger partial charge in [-0.15, -0.1) is 0 Å². The number of rotatable bonds is 6. The van der Waals surface area contributed by atoms with E-state index in [1.807, 2.05) is 13.8 Å². The number of allylic oxidation sites excluding steroid dienone is 1. The maximum Gasteiger partial charge on any atom is 0.330 e. The van der Waals surface area contributed by atoms with Crippen molar-refractivity contribution in [2.24, 2.45) is 0 Å². The number of carbonyl (C=O) groups excluding carboxylic acids is 2. The van der Waals surface area contributed by atoms with Crippen LogP contribution >= 0.6 is 0 Å². The Morgan fingerprint density at radius 1 is 1.26 bits per heavy atom. The Balaban J connectivity index is 1.86. The van der Waals surface area contributed by atoms with Crippen molar-refractivity contribution in [2.75, 3.05) is 6.61 Å². The quantitative estimate of drug-likeness (QED) is 0.647. The number of benzene rings is 1. The molecule has 0 spiro atoms. The van der Waals surface area contributed by atoms with E-state index >= 15 is 0 Å². The minimum atomic E-state index is -0.483. The molecule has 0 saturated carbocycles. The summed E-state index contributed by atoms with van der Waals surface area (Å²) in [6.45, 7) is 3.63. The predicted molar refractivity (Wildman–Crippen MR) is 90.0 cm³/mol. The van der Waals surface area contributed by atoms with E-state index < -0.39 is 5.97 Å². The number of amides is 1. The molecule has 1 amide bonds. The summed E-state index contributed by atoms with van der Waals surface area (Å²) in [5.41, 5.74) is 3.91. The number of aryl methyl sites for hydroxylation is 2. The normalized spacial score (nSPS) is 15.0. The standard InChI is InChI=1S/C19H25NO3/c1-3-4-9-19(22)23-13-18(21)20-14(2)16-11-10-15-7-5-6-8-17(15)12-16/h4,9-12,14H,3,5-8,13H2,1-2H3,(H,20,21). The van der Waals surface area contributed by atoms with Crippen LogP contribution in [0.3, 0.4) is 0 Å². The van der Waals surface area contributed by atoms with Crippen molar-refractivity contribution >= 4 is 11.9 Å². The van der Waals surface area contributed by atoms with Crippen LogP contribution in [0.25, 0.3) is 0 Å². The lowest BCUT2D eigenvalue weighted by molar-refractivity contribution is -0.144. The van der Waals surface area contributed by atoms with Gasteiger partial charge in [0.05, 0.1) is 6.04 Å². The largest absolute Gasteiger partial charge is 0.452 e. The van der Waals surface area contributed by atoms with Gasteiger partial charge >= 0.3 is 5.97 Å². The Kier molecular flexibility index (Phi) is 6.39. The van der Waals surface area contributed by atoms with Gasteiger partial charge in [0.1, 0.15) is 0 Å². The number of esters is 1. The molecule has 0 aliphatic heterocycles. The first-order valence-electron chi connectivity index (χ1n) is 8.34. The van der Waals surface area contributed by atoms with Crippen LogP contribution in [0, 0.1) is 0 Å². The molecule has 0 radical (unpaired) electrons. The van der Waals surface area contributed by atoms with E-state index in [0.717, 1.165) is 24.8 Å². The van der Waals surface area contributed by atoms with E-state index in [2.05, 4.69) is 23.5 Å². The van der Waals surface area contributed by atoms with Crippen LogP contribution in [-0.2, 0) is 27.2 Å². The number of hydrogen-bond acceptors (Lipinski definition) is 3. The maximum atomic E-state index is 11.9. The van der Waals surface area contributed by atoms with Crippen LogP contribution in [0.15, 0.2) is 30.4 Å². The van der Waals surface area contributed by atoms with E-state index in [0.29, 0.717) is 0 Å². The molecular formula is C19H25NO3. The molecule has 1 aromatic rings. The van der Waals surface area contributed by atoms with Gasteiger partial charge < -0.3 is 10.1 Å². The first-order chi connectivity index (χ1) is 11.1. The first kappa shape index (κ1) is 17.3. The molecule has 23 heavy (non-hydrogen) atoms. The minimum absolute atomic E-state index is 0.0976. The van der Waals surface area contributed by atoms with Gasteiger partial charge in [-0.1, -0.05) is 31.2 Å². The van der Waals surface area contributed by atoms with Gasteiger partial charge in [0.25, 0.3) is 5.91 Å². The summed E-state index contributed by atoms with van der Waals surface area (Å²) in [5, 5.41) is 2.87. The molecule has 0 bridgehead atoms. The van der Waals surface area contributed by atoms with Crippen molar-refractivity contribution in [3.05, 3.63) is 47.0 Å². The number of ether oxygens (including phenoxy) is 1. The van der Waals surface area contributed by atoms with Gasteiger partial charge in [-0.05, 0) is 55.7 Å². The van der Waals surface area contributed by atoms with Gasteiger partial charge in [0.2, 0.25) is 0 Å². The van der Waals surface area contributed by atoms with Crippen LogP contribution in [0.1, 0.15) is 55.8 Å². The summed E-state index contributed by atoms with van der Waals surface area (Å²) >= 11 is 0. The summed E-state index contributed by atoms with van der Waals surface area (Å²) < 4.78 is 4.90. The average Bonchev–Trinajstić information content (AvgIpc) is 2.57. The summed E-state index contributed by atoms with van der Waals surface area (Å²) in [7, 11) is 0. The van der Waals surface area contributed by atoms with Crippen molar-refractivity contribution in [1.29, 1.82) is 0 Å². The van der Waals surface area contributed by atoms with Crippen LogP contribution < -0.4 is 5.32 Å². The van der Waals surface area contributed by atoms with Crippen molar-refractivity contribution in [2.45, 2.75) is 52.0 Å². The molecule has 1 aliphatic carbocycles. The predicted octanol–water partition coefficient (Wildman–Crippen LogP) is 3.25. The first-order valence-corrected chi connectivity index (χ1v) is 8.34. The SMILES string of the molecule is CCC=CC(=O)OCC(=O)NC(C)c1ccc2c(c1)CCCC2. The Hall–Kier alpha value is -2.10. The number of carbonyl (C=O) groups is 2. The van der Waals surface area contributed by atoms with Crippen molar-refractivity contribution < 1.29 is 14.3 Å². The molecule has 0 fully saturated rings. The third-order valence-corrected chi connectivity index (χ3v) is 4.09. The molecule has 0 heterocycles. The Labute approximate surface area is 137 Å². The highest BCUT2D eigenvalue weighted by molar-refractivity contribution is 5.85. The monoisotopic (exact) mass is 315 g/mol. The smallest absolute Gasteiger partial charge is 0.330 e. The lowest BCUT2D eigenvalue weighted by Gasteiger charge is -2.20. The van der Waals surface area contributed by atoms with Crippen molar-refractivity contribution in [1.82, 2.24) is 5.32 Å². The second-order valence-corrected chi connectivity index (χ2v) is 5.94. The summed E-state index contributed by atoms with van der Waals surface area (Å²) in [6.07, 6.45) is 8.57. The van der Waals surface area contributed by atoms with Gasteiger partial charge in [-0.2, -0.15) is 0 Å². The zero-order valence-corrected chi connectivity index (χ0v) is 13.9. The molecule has 4 nitrogen and oxygen atoms in total. The molecule has 1 aliphatic rings. The van der Waals surface area contributed by atoms with E-state index in [1.165, 1.54) is 30.0 Å². The van der Waals surface area contributed by atoms with Gasteiger partial charge in [0.15, 0.2) is 6.61 Å². The highest BCUT2D eigenvalue weighted by Crippen LogP contribution is 2.24. The lowest BCUT2D eigenvalue weighted by Crippen LogP contribution is -2.31. The van der Waals surface area contributed by atoms with E-state index in [1.54, 1.807) is 6.08 Å². The molecule has 1 atom stereocenters. The second kappa shape index (κ2) is 8.51. The molecule has 1 N–H and O–H groups in total. The maximum absolute atomic E-state index is 11.9. The molecule has 2 rings (SSSR count). The topological polar surface area (TPSA) is 55.4 Å². The zero-order valence-electron chi connectivity index (χ0n) is 13.9. The fraction of sp³-hybridized carbons (Fsp3) is 0.474. The Morgan fingerprint density at radius 3 is 2.74 bits per heavy atom. The number of fused-ring (bicyclic) bond motifs is 1. The second-order valence-electron chi connectivity index (χ2n) is 5.94. The fourth-order valence-corrected chi connectivity index (χ4v) is 2.79. The van der Waals surface area contributed by atoms with Crippen LogP contribution in [-0.4, -0.2) is 18.5 Å². The summed E-state index contributed by atoms with van der Waals surface area (Å²) in [6, 6.07) is 6.34. The minimum Gasteiger partial charge on any atom is -0.452 e. The molecule has 1 unspecified atom stereocenters. The highest BCUT2D eigenvalue weighted by Gasteiger charge is 2.14. The van der Waals surface area contributed by atoms with Crippen LogP contribution in [0.5, 0.6) is 0 Å². The fourth-order valence-electron chi connectivity index (χ4n) is 2.79. The molecule has 0 saturated heterocycles.